The lowest BCUT2D eigenvalue weighted by Crippen LogP contribution is -2.12. The summed E-state index contributed by atoms with van der Waals surface area (Å²) in [6.45, 7) is 0. The van der Waals surface area contributed by atoms with Gasteiger partial charge < -0.3 is 5.32 Å². The first-order valence-electron chi connectivity index (χ1n) is 4.94. The summed E-state index contributed by atoms with van der Waals surface area (Å²) in [6.07, 6.45) is 1.24. The lowest BCUT2D eigenvalue weighted by atomic mass is 10.2. The van der Waals surface area contributed by atoms with Gasteiger partial charge in [-0.15, -0.1) is 0 Å². The Labute approximate surface area is 122 Å². The second-order valence-electron chi connectivity index (χ2n) is 3.45. The monoisotopic (exact) mass is 376 g/mol. The van der Waals surface area contributed by atoms with Gasteiger partial charge in [-0.1, -0.05) is 11.6 Å². The number of hydrogen-bond donors (Lipinski definition) is 1. The van der Waals surface area contributed by atoms with E-state index in [0.29, 0.717) is 10.7 Å². The molecule has 0 atom stereocenters. The number of hydrogen-bond acceptors (Lipinski definition) is 2. The molecule has 1 amide bonds. The standard InChI is InChI=1S/C12H7ClFIN2O/c13-9-6-8(15)1-2-10(9)17-12(18)7-3-4-16-11(14)5-7/h1-6H,(H,17,18). The van der Waals surface area contributed by atoms with Crippen molar-refractivity contribution in [3.63, 3.8) is 0 Å². The van der Waals surface area contributed by atoms with Crippen molar-refractivity contribution in [2.75, 3.05) is 5.32 Å². The number of anilines is 1. The Bertz CT molecular complexity index is 606. The van der Waals surface area contributed by atoms with E-state index in [0.717, 1.165) is 9.64 Å². The van der Waals surface area contributed by atoms with Crippen molar-refractivity contribution in [2.45, 2.75) is 0 Å². The molecular weight excluding hydrogens is 370 g/mol. The van der Waals surface area contributed by atoms with Crippen LogP contribution in [0.25, 0.3) is 0 Å². The topological polar surface area (TPSA) is 42.0 Å². The third-order valence-electron chi connectivity index (χ3n) is 2.17. The van der Waals surface area contributed by atoms with E-state index in [1.165, 1.54) is 12.3 Å². The molecule has 0 saturated heterocycles. The molecular formula is C12H7ClFIN2O. The molecule has 6 heteroatoms. The molecule has 0 unspecified atom stereocenters. The van der Waals surface area contributed by atoms with Gasteiger partial charge in [-0.25, -0.2) is 4.98 Å². The van der Waals surface area contributed by atoms with Crippen molar-refractivity contribution < 1.29 is 9.18 Å². The van der Waals surface area contributed by atoms with Gasteiger partial charge in [0.25, 0.3) is 5.91 Å². The summed E-state index contributed by atoms with van der Waals surface area (Å²) in [6, 6.07) is 7.73. The molecule has 0 spiro atoms. The van der Waals surface area contributed by atoms with Crippen LogP contribution in [0.1, 0.15) is 10.4 Å². The minimum atomic E-state index is -0.698. The Hall–Kier alpha value is -1.21. The van der Waals surface area contributed by atoms with Crippen molar-refractivity contribution in [3.05, 3.63) is 56.6 Å². The third-order valence-corrected chi connectivity index (χ3v) is 3.15. The number of rotatable bonds is 2. The number of pyridine rings is 1. The number of benzene rings is 1. The normalized spacial score (nSPS) is 10.2. The number of nitrogens with zero attached hydrogens (tertiary/aromatic N) is 1. The maximum absolute atomic E-state index is 12.9. The van der Waals surface area contributed by atoms with E-state index in [4.69, 9.17) is 11.6 Å². The van der Waals surface area contributed by atoms with E-state index in [2.05, 4.69) is 32.9 Å². The first-order valence-corrected chi connectivity index (χ1v) is 6.40. The van der Waals surface area contributed by atoms with Gasteiger partial charge in [0, 0.05) is 21.4 Å². The fraction of sp³-hybridized carbons (Fsp3) is 0. The van der Waals surface area contributed by atoms with Crippen molar-refractivity contribution in [3.8, 4) is 0 Å². The highest BCUT2D eigenvalue weighted by Crippen LogP contribution is 2.24. The van der Waals surface area contributed by atoms with Crippen LogP contribution in [0.15, 0.2) is 36.5 Å². The summed E-state index contributed by atoms with van der Waals surface area (Å²) in [4.78, 5) is 15.2. The van der Waals surface area contributed by atoms with E-state index < -0.39 is 11.9 Å². The average molecular weight is 377 g/mol. The molecule has 1 aromatic heterocycles. The van der Waals surface area contributed by atoms with Crippen LogP contribution in [-0.4, -0.2) is 10.9 Å². The molecule has 0 aliphatic carbocycles. The van der Waals surface area contributed by atoms with Crippen LogP contribution in [0.2, 0.25) is 5.02 Å². The van der Waals surface area contributed by atoms with Gasteiger partial charge in [-0.05, 0) is 46.9 Å². The first-order chi connectivity index (χ1) is 8.56. The Morgan fingerprint density at radius 2 is 2.11 bits per heavy atom. The van der Waals surface area contributed by atoms with Gasteiger partial charge in [-0.2, -0.15) is 4.39 Å². The SMILES string of the molecule is O=C(Nc1ccc(I)cc1Cl)c1ccnc(F)c1. The molecule has 0 aliphatic rings. The van der Waals surface area contributed by atoms with Crippen LogP contribution < -0.4 is 5.32 Å². The fourth-order valence-corrected chi connectivity index (χ4v) is 2.23. The lowest BCUT2D eigenvalue weighted by molar-refractivity contribution is 0.102. The van der Waals surface area contributed by atoms with Gasteiger partial charge in [0.05, 0.1) is 10.7 Å². The molecule has 0 aliphatic heterocycles. The van der Waals surface area contributed by atoms with E-state index >= 15 is 0 Å². The van der Waals surface area contributed by atoms with E-state index in [1.807, 2.05) is 6.07 Å². The second-order valence-corrected chi connectivity index (χ2v) is 5.10. The zero-order chi connectivity index (χ0) is 13.1. The molecule has 1 aromatic carbocycles. The zero-order valence-electron chi connectivity index (χ0n) is 8.95. The summed E-state index contributed by atoms with van der Waals surface area (Å²) < 4.78 is 13.8. The van der Waals surface area contributed by atoms with Crippen molar-refractivity contribution in [1.29, 1.82) is 0 Å². The van der Waals surface area contributed by atoms with Crippen molar-refractivity contribution >= 4 is 45.8 Å². The van der Waals surface area contributed by atoms with E-state index in [-0.39, 0.29) is 5.56 Å². The molecule has 2 rings (SSSR count). The Kier molecular flexibility index (Phi) is 4.13. The largest absolute Gasteiger partial charge is 0.321 e. The van der Waals surface area contributed by atoms with Crippen LogP contribution in [0.3, 0.4) is 0 Å². The highest BCUT2D eigenvalue weighted by molar-refractivity contribution is 14.1. The van der Waals surface area contributed by atoms with Crippen LogP contribution in [0.5, 0.6) is 0 Å². The maximum atomic E-state index is 12.9. The predicted molar refractivity (Wildman–Crippen MR) is 76.3 cm³/mol. The van der Waals surface area contributed by atoms with Gasteiger partial charge >= 0.3 is 0 Å². The summed E-state index contributed by atoms with van der Waals surface area (Å²) in [5.74, 6) is -1.13. The van der Waals surface area contributed by atoms with E-state index in [1.54, 1.807) is 12.1 Å². The van der Waals surface area contributed by atoms with Gasteiger partial charge in [-0.3, -0.25) is 4.79 Å². The summed E-state index contributed by atoms with van der Waals surface area (Å²) in [5, 5.41) is 3.05. The van der Waals surface area contributed by atoms with Crippen molar-refractivity contribution in [2.24, 2.45) is 0 Å². The summed E-state index contributed by atoms with van der Waals surface area (Å²) >= 11 is 8.10. The molecule has 18 heavy (non-hydrogen) atoms. The maximum Gasteiger partial charge on any atom is 0.255 e. The summed E-state index contributed by atoms with van der Waals surface area (Å²) in [5.41, 5.74) is 0.677. The fourth-order valence-electron chi connectivity index (χ4n) is 1.33. The van der Waals surface area contributed by atoms with Gasteiger partial charge in [0.15, 0.2) is 0 Å². The van der Waals surface area contributed by atoms with E-state index in [9.17, 15) is 9.18 Å². The van der Waals surface area contributed by atoms with Crippen LogP contribution in [0, 0.1) is 9.52 Å². The second kappa shape index (κ2) is 5.62. The number of carbonyl (C=O) groups is 1. The molecule has 2 aromatic rings. The van der Waals surface area contributed by atoms with Crippen LogP contribution in [0.4, 0.5) is 10.1 Å². The highest BCUT2D eigenvalue weighted by Gasteiger charge is 2.09. The van der Waals surface area contributed by atoms with Crippen LogP contribution >= 0.6 is 34.2 Å². The average Bonchev–Trinajstić information content (AvgIpc) is 2.32. The molecule has 1 heterocycles. The molecule has 92 valence electrons. The van der Waals surface area contributed by atoms with Gasteiger partial charge in [0.2, 0.25) is 5.95 Å². The Morgan fingerprint density at radius 3 is 2.78 bits per heavy atom. The molecule has 0 fully saturated rings. The van der Waals surface area contributed by atoms with Crippen LogP contribution in [-0.2, 0) is 0 Å². The molecule has 1 N–H and O–H groups in total. The highest BCUT2D eigenvalue weighted by atomic mass is 127. The zero-order valence-corrected chi connectivity index (χ0v) is 11.9. The number of amides is 1. The Morgan fingerprint density at radius 1 is 1.33 bits per heavy atom. The number of halogens is 3. The van der Waals surface area contributed by atoms with Gasteiger partial charge in [0.1, 0.15) is 0 Å². The molecule has 3 nitrogen and oxygen atoms in total. The number of carbonyl (C=O) groups excluding carboxylic acids is 1. The predicted octanol–water partition coefficient (Wildman–Crippen LogP) is 3.73. The smallest absolute Gasteiger partial charge is 0.255 e. The quantitative estimate of drug-likeness (QED) is 0.641. The van der Waals surface area contributed by atoms with Crippen molar-refractivity contribution in [1.82, 2.24) is 4.98 Å². The minimum Gasteiger partial charge on any atom is -0.321 e. The molecule has 0 radical (unpaired) electrons. The third kappa shape index (κ3) is 3.17. The minimum absolute atomic E-state index is 0.192. The number of aromatic nitrogens is 1. The number of nitrogens with one attached hydrogen (secondary N) is 1. The summed E-state index contributed by atoms with van der Waals surface area (Å²) in [7, 11) is 0. The molecule has 0 bridgehead atoms. The molecule has 0 saturated carbocycles. The Balaban J connectivity index is 2.21. The first kappa shape index (κ1) is 13.2. The lowest BCUT2D eigenvalue weighted by Gasteiger charge is -2.07.